The van der Waals surface area contributed by atoms with E-state index in [0.29, 0.717) is 24.5 Å². The number of carbonyl (C=O) groups is 1. The molecule has 28 heavy (non-hydrogen) atoms. The molecule has 0 spiro atoms. The average molecular weight is 406 g/mol. The maximum Gasteiger partial charge on any atom is 0.243 e. The van der Waals surface area contributed by atoms with Gasteiger partial charge in [0.1, 0.15) is 0 Å². The van der Waals surface area contributed by atoms with Crippen molar-refractivity contribution in [3.63, 3.8) is 0 Å². The van der Waals surface area contributed by atoms with Crippen molar-refractivity contribution < 1.29 is 13.2 Å². The van der Waals surface area contributed by atoms with Gasteiger partial charge in [-0.2, -0.15) is 4.31 Å². The zero-order chi connectivity index (χ0) is 19.9. The summed E-state index contributed by atoms with van der Waals surface area (Å²) in [5, 5.41) is 0. The molecule has 3 fully saturated rings. The lowest BCUT2D eigenvalue weighted by molar-refractivity contribution is -0.141. The molecule has 0 unspecified atom stereocenters. The third-order valence-corrected chi connectivity index (χ3v) is 8.46. The molecule has 3 aliphatic rings. The fourth-order valence-electron chi connectivity index (χ4n) is 5.19. The molecule has 1 aromatic rings. The molecule has 0 radical (unpaired) electrons. The minimum atomic E-state index is -3.53. The van der Waals surface area contributed by atoms with Crippen molar-refractivity contribution in [3.05, 3.63) is 30.3 Å². The number of fused-ring (bicyclic) bond motifs is 1. The molecule has 2 saturated heterocycles. The van der Waals surface area contributed by atoms with Crippen LogP contribution in [0.2, 0.25) is 0 Å². The number of benzene rings is 1. The Kier molecular flexibility index (Phi) is 5.27. The van der Waals surface area contributed by atoms with Crippen molar-refractivity contribution in [1.82, 2.24) is 14.1 Å². The quantitative estimate of drug-likeness (QED) is 0.773. The van der Waals surface area contributed by atoms with Crippen LogP contribution in [0, 0.1) is 5.92 Å². The van der Waals surface area contributed by atoms with E-state index in [1.165, 1.54) is 0 Å². The van der Waals surface area contributed by atoms with Gasteiger partial charge in [-0.05, 0) is 38.8 Å². The van der Waals surface area contributed by atoms with Crippen molar-refractivity contribution in [2.45, 2.75) is 56.0 Å². The summed E-state index contributed by atoms with van der Waals surface area (Å²) < 4.78 is 28.0. The molecule has 2 aliphatic heterocycles. The van der Waals surface area contributed by atoms with Crippen LogP contribution in [0.5, 0.6) is 0 Å². The summed E-state index contributed by atoms with van der Waals surface area (Å²) in [5.41, 5.74) is -0.257. The van der Waals surface area contributed by atoms with E-state index in [1.807, 2.05) is 11.0 Å². The molecule has 1 saturated carbocycles. The lowest BCUT2D eigenvalue weighted by Gasteiger charge is -2.55. The SMILES string of the molecule is CC1(C)CN(S(=O)(=O)c2ccccc2)C[C@@H]2CN(C(=O)C3CCCC3)CCN21. The monoisotopic (exact) mass is 405 g/mol. The van der Waals surface area contributed by atoms with Gasteiger partial charge in [0.05, 0.1) is 4.90 Å². The van der Waals surface area contributed by atoms with Crippen molar-refractivity contribution in [1.29, 1.82) is 0 Å². The van der Waals surface area contributed by atoms with E-state index in [4.69, 9.17) is 0 Å². The highest BCUT2D eigenvalue weighted by atomic mass is 32.2. The summed E-state index contributed by atoms with van der Waals surface area (Å²) in [4.78, 5) is 17.7. The predicted molar refractivity (Wildman–Crippen MR) is 108 cm³/mol. The van der Waals surface area contributed by atoms with Crippen LogP contribution in [0.25, 0.3) is 0 Å². The van der Waals surface area contributed by atoms with Gasteiger partial charge in [-0.1, -0.05) is 31.0 Å². The summed E-state index contributed by atoms with van der Waals surface area (Å²) in [6, 6.07) is 8.71. The molecule has 0 N–H and O–H groups in total. The van der Waals surface area contributed by atoms with Gasteiger partial charge in [0, 0.05) is 50.2 Å². The fourth-order valence-corrected chi connectivity index (χ4v) is 6.84. The first-order valence-electron chi connectivity index (χ1n) is 10.4. The Balaban J connectivity index is 1.54. The molecule has 4 rings (SSSR count). The minimum Gasteiger partial charge on any atom is -0.340 e. The summed E-state index contributed by atoms with van der Waals surface area (Å²) in [7, 11) is -3.53. The Morgan fingerprint density at radius 2 is 1.71 bits per heavy atom. The number of rotatable bonds is 3. The van der Waals surface area contributed by atoms with Crippen LogP contribution in [0.3, 0.4) is 0 Å². The van der Waals surface area contributed by atoms with Crippen LogP contribution in [-0.4, -0.2) is 72.7 Å². The third-order valence-electron chi connectivity index (χ3n) is 6.63. The topological polar surface area (TPSA) is 60.9 Å². The molecule has 1 amide bonds. The lowest BCUT2D eigenvalue weighted by atomic mass is 9.93. The van der Waals surface area contributed by atoms with Gasteiger partial charge >= 0.3 is 0 Å². The van der Waals surface area contributed by atoms with Gasteiger partial charge in [0.15, 0.2) is 0 Å². The molecular weight excluding hydrogens is 374 g/mol. The lowest BCUT2D eigenvalue weighted by Crippen LogP contribution is -2.70. The largest absolute Gasteiger partial charge is 0.340 e. The number of nitrogens with zero attached hydrogens (tertiary/aromatic N) is 3. The summed E-state index contributed by atoms with van der Waals surface area (Å²) in [5.74, 6) is 0.449. The average Bonchev–Trinajstić information content (AvgIpc) is 3.22. The molecular formula is C21H31N3O3S. The first-order valence-corrected chi connectivity index (χ1v) is 11.8. The van der Waals surface area contributed by atoms with Crippen molar-refractivity contribution in [2.75, 3.05) is 32.7 Å². The molecule has 1 aromatic carbocycles. The standard InChI is InChI=1S/C21H31N3O3S/c1-21(2)16-23(28(26,27)19-10-4-3-5-11-19)15-18-14-22(12-13-24(18)21)20(25)17-8-6-7-9-17/h3-5,10-11,17-18H,6-9,12-16H2,1-2H3/t18-/m0/s1. The first-order chi connectivity index (χ1) is 13.3. The van der Waals surface area contributed by atoms with Gasteiger partial charge in [-0.15, -0.1) is 0 Å². The Labute approximate surface area is 168 Å². The number of carbonyl (C=O) groups excluding carboxylic acids is 1. The Bertz CT molecular complexity index is 819. The maximum atomic E-state index is 13.2. The highest BCUT2D eigenvalue weighted by Gasteiger charge is 2.47. The minimum absolute atomic E-state index is 0.0429. The van der Waals surface area contributed by atoms with E-state index in [0.717, 1.165) is 38.8 Å². The molecule has 2 heterocycles. The van der Waals surface area contributed by atoms with Crippen LogP contribution in [0.15, 0.2) is 35.2 Å². The normalized spacial score (nSPS) is 26.9. The fraction of sp³-hybridized carbons (Fsp3) is 0.667. The van der Waals surface area contributed by atoms with Crippen LogP contribution in [-0.2, 0) is 14.8 Å². The van der Waals surface area contributed by atoms with Crippen LogP contribution in [0.4, 0.5) is 0 Å². The van der Waals surface area contributed by atoms with Crippen molar-refractivity contribution >= 4 is 15.9 Å². The van der Waals surface area contributed by atoms with E-state index in [2.05, 4.69) is 18.7 Å². The number of sulfonamides is 1. The summed E-state index contributed by atoms with van der Waals surface area (Å²) in [6.07, 6.45) is 4.30. The van der Waals surface area contributed by atoms with E-state index in [9.17, 15) is 13.2 Å². The molecule has 1 atom stereocenters. The van der Waals surface area contributed by atoms with Gasteiger partial charge < -0.3 is 4.90 Å². The smallest absolute Gasteiger partial charge is 0.243 e. The number of hydrogen-bond donors (Lipinski definition) is 0. The summed E-state index contributed by atoms with van der Waals surface area (Å²) >= 11 is 0. The van der Waals surface area contributed by atoms with Gasteiger partial charge in [0.2, 0.25) is 15.9 Å². The Hall–Kier alpha value is -1.44. The Morgan fingerprint density at radius 3 is 2.39 bits per heavy atom. The third kappa shape index (κ3) is 3.60. The number of hydrogen-bond acceptors (Lipinski definition) is 4. The second-order valence-electron chi connectivity index (χ2n) is 9.04. The molecule has 0 aromatic heterocycles. The highest BCUT2D eigenvalue weighted by Crippen LogP contribution is 2.33. The zero-order valence-electron chi connectivity index (χ0n) is 16.9. The predicted octanol–water partition coefficient (Wildman–Crippen LogP) is 2.17. The molecule has 1 aliphatic carbocycles. The van der Waals surface area contributed by atoms with Gasteiger partial charge in [-0.3, -0.25) is 9.69 Å². The molecule has 0 bridgehead atoms. The van der Waals surface area contributed by atoms with E-state index >= 15 is 0 Å². The summed E-state index contributed by atoms with van der Waals surface area (Å²) in [6.45, 7) is 7.32. The maximum absolute atomic E-state index is 13.2. The van der Waals surface area contributed by atoms with Crippen LogP contribution in [0.1, 0.15) is 39.5 Å². The van der Waals surface area contributed by atoms with Crippen molar-refractivity contribution in [3.8, 4) is 0 Å². The van der Waals surface area contributed by atoms with Gasteiger partial charge in [0.25, 0.3) is 0 Å². The highest BCUT2D eigenvalue weighted by molar-refractivity contribution is 7.89. The number of piperazine rings is 2. The zero-order valence-corrected chi connectivity index (χ0v) is 17.7. The van der Waals surface area contributed by atoms with Crippen LogP contribution >= 0.6 is 0 Å². The second kappa shape index (κ2) is 7.43. The van der Waals surface area contributed by atoms with E-state index in [-0.39, 0.29) is 23.4 Å². The molecule has 6 nitrogen and oxygen atoms in total. The van der Waals surface area contributed by atoms with Crippen LogP contribution < -0.4 is 0 Å². The van der Waals surface area contributed by atoms with Crippen molar-refractivity contribution in [2.24, 2.45) is 5.92 Å². The van der Waals surface area contributed by atoms with E-state index < -0.39 is 10.0 Å². The Morgan fingerprint density at radius 1 is 1.04 bits per heavy atom. The first kappa shape index (κ1) is 19.9. The molecule has 154 valence electrons. The second-order valence-corrected chi connectivity index (χ2v) is 11.0. The van der Waals surface area contributed by atoms with E-state index in [1.54, 1.807) is 28.6 Å². The van der Waals surface area contributed by atoms with Gasteiger partial charge in [-0.25, -0.2) is 8.42 Å². The molecule has 7 heteroatoms. The number of amides is 1.